The summed E-state index contributed by atoms with van der Waals surface area (Å²) in [5.41, 5.74) is -1.28. The first-order valence-corrected chi connectivity index (χ1v) is 11.8. The Morgan fingerprint density at radius 3 is 2.34 bits per heavy atom. The normalized spacial score (nSPS) is 19.2. The number of rotatable bonds is 4. The molecule has 1 atom stereocenters. The molecule has 3 aromatic rings. The molecule has 2 saturated heterocycles. The molecule has 192 valence electrons. The highest BCUT2D eigenvalue weighted by Gasteiger charge is 2.59. The van der Waals surface area contributed by atoms with Gasteiger partial charge in [0.15, 0.2) is 17.2 Å². The zero-order valence-corrected chi connectivity index (χ0v) is 20.4. The van der Waals surface area contributed by atoms with Crippen molar-refractivity contribution in [3.63, 3.8) is 0 Å². The SMILES string of the molecule is COCC12CC(=O)N(c3c(F)cc(C#Cc4ccccc4)cc3F)C(=O)N1CCN(c1cccnc1)C2=O. The summed E-state index contributed by atoms with van der Waals surface area (Å²) in [6.07, 6.45) is 2.54. The molecule has 0 saturated carbocycles. The van der Waals surface area contributed by atoms with E-state index in [-0.39, 0.29) is 25.3 Å². The predicted molar refractivity (Wildman–Crippen MR) is 134 cm³/mol. The molecule has 1 unspecified atom stereocenters. The molecule has 5 rings (SSSR count). The molecule has 10 heteroatoms. The van der Waals surface area contributed by atoms with Crippen LogP contribution in [0.15, 0.2) is 67.0 Å². The Morgan fingerprint density at radius 2 is 1.68 bits per heavy atom. The van der Waals surface area contributed by atoms with Crippen molar-refractivity contribution in [2.75, 3.05) is 36.6 Å². The summed E-state index contributed by atoms with van der Waals surface area (Å²) in [6, 6.07) is 13.2. The largest absolute Gasteiger partial charge is 0.382 e. The number of hydrogen-bond donors (Lipinski definition) is 0. The lowest BCUT2D eigenvalue weighted by Gasteiger charge is -2.52. The fourth-order valence-corrected chi connectivity index (χ4v) is 4.82. The van der Waals surface area contributed by atoms with E-state index in [1.54, 1.807) is 42.6 Å². The van der Waals surface area contributed by atoms with E-state index in [0.717, 1.165) is 17.0 Å². The maximum atomic E-state index is 15.2. The van der Waals surface area contributed by atoms with E-state index in [1.807, 2.05) is 6.07 Å². The van der Waals surface area contributed by atoms with Gasteiger partial charge in [-0.1, -0.05) is 30.0 Å². The number of imide groups is 1. The van der Waals surface area contributed by atoms with Gasteiger partial charge in [0.05, 0.1) is 24.9 Å². The third-order valence-corrected chi connectivity index (χ3v) is 6.53. The summed E-state index contributed by atoms with van der Waals surface area (Å²) in [6.45, 7) is -0.161. The van der Waals surface area contributed by atoms with Crippen LogP contribution in [0.25, 0.3) is 0 Å². The quantitative estimate of drug-likeness (QED) is 0.497. The van der Waals surface area contributed by atoms with Gasteiger partial charge in [-0.25, -0.2) is 18.5 Å². The van der Waals surface area contributed by atoms with E-state index in [9.17, 15) is 14.4 Å². The number of hydrogen-bond acceptors (Lipinski definition) is 5. The highest BCUT2D eigenvalue weighted by molar-refractivity contribution is 6.21. The number of pyridine rings is 1. The molecule has 0 bridgehead atoms. The minimum atomic E-state index is -1.67. The van der Waals surface area contributed by atoms with Crippen LogP contribution in [0.3, 0.4) is 0 Å². The van der Waals surface area contributed by atoms with Crippen molar-refractivity contribution in [3.05, 3.63) is 89.8 Å². The number of piperazine rings is 1. The number of carbonyl (C=O) groups is 3. The van der Waals surface area contributed by atoms with Gasteiger partial charge in [0.2, 0.25) is 5.91 Å². The summed E-state index contributed by atoms with van der Waals surface area (Å²) in [7, 11) is 1.35. The topological polar surface area (TPSA) is 83.1 Å². The van der Waals surface area contributed by atoms with Gasteiger partial charge in [0, 0.05) is 37.5 Å². The molecule has 2 aromatic carbocycles. The summed E-state index contributed by atoms with van der Waals surface area (Å²) in [5, 5.41) is 0. The lowest BCUT2D eigenvalue weighted by molar-refractivity contribution is -0.142. The van der Waals surface area contributed by atoms with Crippen molar-refractivity contribution in [2.45, 2.75) is 12.0 Å². The van der Waals surface area contributed by atoms with Gasteiger partial charge >= 0.3 is 6.03 Å². The summed E-state index contributed by atoms with van der Waals surface area (Å²) in [5.74, 6) is 1.80. The van der Waals surface area contributed by atoms with Crippen molar-refractivity contribution in [1.82, 2.24) is 9.88 Å². The minimum Gasteiger partial charge on any atom is -0.382 e. The van der Waals surface area contributed by atoms with E-state index in [1.165, 1.54) is 18.2 Å². The average molecular weight is 517 g/mol. The van der Waals surface area contributed by atoms with Crippen molar-refractivity contribution >= 4 is 29.2 Å². The number of methoxy groups -OCH3 is 1. The van der Waals surface area contributed by atoms with Crippen LogP contribution in [-0.4, -0.2) is 60.1 Å². The maximum Gasteiger partial charge on any atom is 0.332 e. The molecule has 0 N–H and O–H groups in total. The Balaban J connectivity index is 1.48. The fourth-order valence-electron chi connectivity index (χ4n) is 4.82. The number of benzene rings is 2. The monoisotopic (exact) mass is 516 g/mol. The highest BCUT2D eigenvalue weighted by atomic mass is 19.1. The molecule has 3 heterocycles. The number of aromatic nitrogens is 1. The van der Waals surface area contributed by atoms with E-state index >= 15 is 8.78 Å². The Bertz CT molecular complexity index is 1450. The molecule has 0 aliphatic carbocycles. The minimum absolute atomic E-state index is 0.0104. The van der Waals surface area contributed by atoms with Crippen molar-refractivity contribution in [2.24, 2.45) is 0 Å². The molecular formula is C28H22F2N4O4. The molecule has 38 heavy (non-hydrogen) atoms. The van der Waals surface area contributed by atoms with Crippen LogP contribution in [0.5, 0.6) is 0 Å². The van der Waals surface area contributed by atoms with Crippen LogP contribution in [0.4, 0.5) is 25.0 Å². The van der Waals surface area contributed by atoms with Crippen molar-refractivity contribution in [3.8, 4) is 11.8 Å². The van der Waals surface area contributed by atoms with Crippen LogP contribution < -0.4 is 9.80 Å². The second-order valence-corrected chi connectivity index (χ2v) is 8.88. The number of ether oxygens (including phenoxy) is 1. The first-order valence-electron chi connectivity index (χ1n) is 11.8. The molecule has 2 aliphatic heterocycles. The van der Waals surface area contributed by atoms with Gasteiger partial charge in [0.1, 0.15) is 5.69 Å². The molecule has 4 amide bonds. The highest BCUT2D eigenvalue weighted by Crippen LogP contribution is 2.38. The molecule has 8 nitrogen and oxygen atoms in total. The second-order valence-electron chi connectivity index (χ2n) is 8.88. The number of urea groups is 1. The van der Waals surface area contributed by atoms with Gasteiger partial charge in [0.25, 0.3) is 5.91 Å². The molecule has 2 aliphatic rings. The van der Waals surface area contributed by atoms with E-state index in [4.69, 9.17) is 4.74 Å². The molecule has 1 aromatic heterocycles. The number of amides is 4. The Labute approximate surface area is 217 Å². The zero-order valence-electron chi connectivity index (χ0n) is 20.4. The van der Waals surface area contributed by atoms with Gasteiger partial charge in [-0.05, 0) is 36.4 Å². The smallest absolute Gasteiger partial charge is 0.332 e. The van der Waals surface area contributed by atoms with Crippen LogP contribution in [0.1, 0.15) is 17.5 Å². The predicted octanol–water partition coefficient (Wildman–Crippen LogP) is 3.35. The number of carbonyl (C=O) groups excluding carboxylic acids is 3. The summed E-state index contributed by atoms with van der Waals surface area (Å²) < 4.78 is 35.7. The van der Waals surface area contributed by atoms with Gasteiger partial charge in [-0.2, -0.15) is 0 Å². The van der Waals surface area contributed by atoms with Crippen LogP contribution in [0, 0.1) is 23.5 Å². The Kier molecular flexibility index (Phi) is 6.61. The average Bonchev–Trinajstić information content (AvgIpc) is 2.91. The second kappa shape index (κ2) is 10.0. The third kappa shape index (κ3) is 4.27. The molecule has 2 fully saturated rings. The third-order valence-electron chi connectivity index (χ3n) is 6.53. The van der Waals surface area contributed by atoms with Crippen molar-refractivity contribution in [1.29, 1.82) is 0 Å². The van der Waals surface area contributed by atoms with E-state index in [2.05, 4.69) is 16.8 Å². The van der Waals surface area contributed by atoms with Crippen LogP contribution in [-0.2, 0) is 14.3 Å². The van der Waals surface area contributed by atoms with Gasteiger partial charge < -0.3 is 14.5 Å². The lowest BCUT2D eigenvalue weighted by Crippen LogP contribution is -2.75. The number of halogens is 2. The van der Waals surface area contributed by atoms with Crippen molar-refractivity contribution < 1.29 is 27.9 Å². The molecule has 0 spiro atoms. The Morgan fingerprint density at radius 1 is 0.974 bits per heavy atom. The van der Waals surface area contributed by atoms with E-state index in [0.29, 0.717) is 16.2 Å². The van der Waals surface area contributed by atoms with Gasteiger partial charge in [-0.15, -0.1) is 0 Å². The molecular weight excluding hydrogens is 494 g/mol. The standard InChI is InChI=1S/C28H22F2N4O4/c1-38-18-28-16-24(35)34(27(37)33(28)13-12-32(26(28)36)21-8-5-11-31-17-21)25-22(29)14-20(15-23(25)30)10-9-19-6-3-2-4-7-19/h2-8,11,14-15,17H,12-13,16,18H2,1H3. The summed E-state index contributed by atoms with van der Waals surface area (Å²) in [4.78, 5) is 47.6. The number of fused-ring (bicyclic) bond motifs is 1. The first kappa shape index (κ1) is 25.0. The lowest BCUT2D eigenvalue weighted by atomic mass is 9.86. The first-order chi connectivity index (χ1) is 18.4. The van der Waals surface area contributed by atoms with Crippen LogP contribution >= 0.6 is 0 Å². The maximum absolute atomic E-state index is 15.2. The Hall–Kier alpha value is -4.62. The summed E-state index contributed by atoms with van der Waals surface area (Å²) >= 11 is 0. The molecule has 0 radical (unpaired) electrons. The zero-order chi connectivity index (χ0) is 26.9. The number of nitrogens with zero attached hydrogens (tertiary/aromatic N) is 4. The van der Waals surface area contributed by atoms with E-state index < -0.39 is 47.1 Å². The fraction of sp³-hybridized carbons (Fsp3) is 0.214. The van der Waals surface area contributed by atoms with Gasteiger partial charge in [-0.3, -0.25) is 14.6 Å². The number of anilines is 2. The van der Waals surface area contributed by atoms with Crippen LogP contribution in [0.2, 0.25) is 0 Å².